The van der Waals surface area contributed by atoms with Crippen molar-refractivity contribution in [3.63, 3.8) is 0 Å². The summed E-state index contributed by atoms with van der Waals surface area (Å²) in [5.41, 5.74) is 5.01. The number of hydrogen-bond donors (Lipinski definition) is 1. The van der Waals surface area contributed by atoms with Gasteiger partial charge >= 0.3 is 0 Å². The largest absolute Gasteiger partial charge is 0.367 e. The minimum Gasteiger partial charge on any atom is -0.367 e. The molecule has 6 nitrogen and oxygen atoms in total. The summed E-state index contributed by atoms with van der Waals surface area (Å²) < 4.78 is 1.74. The van der Waals surface area contributed by atoms with Gasteiger partial charge in [0.1, 0.15) is 5.82 Å². The van der Waals surface area contributed by atoms with Crippen LogP contribution in [-0.2, 0) is 12.8 Å². The number of hydrogen-bond acceptors (Lipinski definition) is 5. The Hall–Kier alpha value is -2.50. The van der Waals surface area contributed by atoms with E-state index in [2.05, 4.69) is 46.2 Å². The van der Waals surface area contributed by atoms with Gasteiger partial charge in [-0.2, -0.15) is 5.10 Å². The van der Waals surface area contributed by atoms with E-state index in [4.69, 9.17) is 4.98 Å². The van der Waals surface area contributed by atoms with Crippen molar-refractivity contribution in [1.29, 1.82) is 0 Å². The fourth-order valence-electron chi connectivity index (χ4n) is 3.10. The summed E-state index contributed by atoms with van der Waals surface area (Å²) >= 11 is 0. The maximum absolute atomic E-state index is 4.77. The lowest BCUT2D eigenvalue weighted by Gasteiger charge is -2.23. The summed E-state index contributed by atoms with van der Waals surface area (Å²) in [6.45, 7) is 10.4. The summed E-state index contributed by atoms with van der Waals surface area (Å²) in [6.07, 6.45) is 5.92. The normalized spacial score (nSPS) is 17.1. The molecule has 25 heavy (non-hydrogen) atoms. The second-order valence-corrected chi connectivity index (χ2v) is 6.64. The molecule has 1 aliphatic heterocycles. The van der Waals surface area contributed by atoms with Crippen molar-refractivity contribution in [1.82, 2.24) is 14.6 Å². The Morgan fingerprint density at radius 3 is 3.00 bits per heavy atom. The van der Waals surface area contributed by atoms with Crippen LogP contribution in [0.25, 0.3) is 0 Å². The molecule has 0 radical (unpaired) electrons. The van der Waals surface area contributed by atoms with Crippen LogP contribution >= 0.6 is 0 Å². The third kappa shape index (κ3) is 3.95. The van der Waals surface area contributed by atoms with Gasteiger partial charge in [-0.3, -0.25) is 9.98 Å². The number of aromatic nitrogens is 3. The first kappa shape index (κ1) is 17.3. The Kier molecular flexibility index (Phi) is 5.26. The van der Waals surface area contributed by atoms with E-state index >= 15 is 0 Å². The lowest BCUT2D eigenvalue weighted by atomic mass is 10.0. The molecule has 3 heterocycles. The molecule has 1 N–H and O–H groups in total. The van der Waals surface area contributed by atoms with Gasteiger partial charge in [0.25, 0.3) is 0 Å². The second-order valence-electron chi connectivity index (χ2n) is 6.64. The highest BCUT2D eigenvalue weighted by Gasteiger charge is 2.15. The van der Waals surface area contributed by atoms with Crippen LogP contribution in [0.5, 0.6) is 0 Å². The fraction of sp³-hybridized carbons (Fsp3) is 0.474. The molecule has 0 spiro atoms. The van der Waals surface area contributed by atoms with E-state index in [1.165, 1.54) is 12.0 Å². The molecule has 0 aromatic carbocycles. The molecular weight excluding hydrogens is 312 g/mol. The van der Waals surface area contributed by atoms with Crippen LogP contribution in [0.15, 0.2) is 28.4 Å². The Labute approximate surface area is 148 Å². The minimum absolute atomic E-state index is 0.504. The number of fused-ring (bicyclic) bond motifs is 1. The van der Waals surface area contributed by atoms with Crippen LogP contribution in [0.4, 0.5) is 5.82 Å². The van der Waals surface area contributed by atoms with Gasteiger partial charge in [-0.25, -0.2) is 9.66 Å². The van der Waals surface area contributed by atoms with Gasteiger partial charge in [-0.05, 0) is 58.1 Å². The lowest BCUT2D eigenvalue weighted by molar-refractivity contribution is 0.669. The number of nitrogens with zero attached hydrogens (tertiary/aromatic N) is 5. The van der Waals surface area contributed by atoms with E-state index in [9.17, 15) is 0 Å². The fourth-order valence-corrected chi connectivity index (χ4v) is 3.10. The Bertz CT molecular complexity index is 836. The van der Waals surface area contributed by atoms with Gasteiger partial charge in [-0.15, -0.1) is 0 Å². The van der Waals surface area contributed by atoms with E-state index in [1.54, 1.807) is 10.9 Å². The Balaban J connectivity index is 1.67. The Morgan fingerprint density at radius 1 is 1.36 bits per heavy atom. The molecule has 0 fully saturated rings. The zero-order valence-electron chi connectivity index (χ0n) is 15.3. The van der Waals surface area contributed by atoms with E-state index in [-0.39, 0.29) is 0 Å². The van der Waals surface area contributed by atoms with E-state index in [0.29, 0.717) is 12.6 Å². The third-order valence-electron chi connectivity index (χ3n) is 4.56. The molecule has 0 bridgehead atoms. The molecule has 1 atom stereocenters. The molecule has 0 amide bonds. The van der Waals surface area contributed by atoms with Crippen LogP contribution in [0.3, 0.4) is 0 Å². The zero-order valence-corrected chi connectivity index (χ0v) is 15.3. The standard InChI is InChI=1S/C19H26N6/c1-13-7-8-16-9-10-17(24-18(16)23-13)6-5-11-21-19-15(3)22-12-14(2)25(19)20-4/h9-10,12-13H,4-8,11H2,1-3H3,(H,23,24). The Morgan fingerprint density at radius 2 is 2.20 bits per heavy atom. The van der Waals surface area contributed by atoms with Gasteiger partial charge in [0.05, 0.1) is 11.4 Å². The molecule has 3 rings (SSSR count). The molecule has 2 aromatic rings. The van der Waals surface area contributed by atoms with Crippen LogP contribution < -0.4 is 10.8 Å². The van der Waals surface area contributed by atoms with Gasteiger partial charge in [0.2, 0.25) is 0 Å². The highest BCUT2D eigenvalue weighted by atomic mass is 15.4. The number of nitrogens with one attached hydrogen (secondary N) is 1. The highest BCUT2D eigenvalue weighted by Crippen LogP contribution is 2.23. The van der Waals surface area contributed by atoms with Crippen molar-refractivity contribution in [2.45, 2.75) is 52.5 Å². The van der Waals surface area contributed by atoms with Crippen LogP contribution in [0.2, 0.25) is 0 Å². The summed E-state index contributed by atoms with van der Waals surface area (Å²) in [5.74, 6) is 1.06. The van der Waals surface area contributed by atoms with Crippen molar-refractivity contribution in [2.75, 3.05) is 11.9 Å². The first-order chi connectivity index (χ1) is 12.1. The van der Waals surface area contributed by atoms with Gasteiger partial charge in [-0.1, -0.05) is 6.07 Å². The van der Waals surface area contributed by atoms with Crippen molar-refractivity contribution in [3.05, 3.63) is 46.5 Å². The van der Waals surface area contributed by atoms with Gasteiger partial charge in [0.15, 0.2) is 5.49 Å². The van der Waals surface area contributed by atoms with Gasteiger partial charge < -0.3 is 5.32 Å². The molecule has 1 unspecified atom stereocenters. The maximum atomic E-state index is 4.77. The molecule has 1 aliphatic rings. The van der Waals surface area contributed by atoms with Crippen molar-refractivity contribution >= 4 is 12.5 Å². The molecule has 6 heteroatoms. The van der Waals surface area contributed by atoms with E-state index in [1.807, 2.05) is 13.8 Å². The summed E-state index contributed by atoms with van der Waals surface area (Å²) in [5, 5.41) is 7.52. The quantitative estimate of drug-likeness (QED) is 0.673. The third-order valence-corrected chi connectivity index (χ3v) is 4.56. The summed E-state index contributed by atoms with van der Waals surface area (Å²) in [4.78, 5) is 13.8. The molecule has 0 aliphatic carbocycles. The molecule has 132 valence electrons. The molecular formula is C19H26N6. The monoisotopic (exact) mass is 338 g/mol. The molecule has 0 saturated heterocycles. The van der Waals surface area contributed by atoms with Crippen molar-refractivity contribution in [2.24, 2.45) is 10.1 Å². The average molecular weight is 338 g/mol. The maximum Gasteiger partial charge on any atom is 0.170 e. The minimum atomic E-state index is 0.504. The highest BCUT2D eigenvalue weighted by molar-refractivity contribution is 5.48. The van der Waals surface area contributed by atoms with E-state index in [0.717, 1.165) is 47.6 Å². The first-order valence-corrected chi connectivity index (χ1v) is 8.86. The lowest BCUT2D eigenvalue weighted by Crippen LogP contribution is -2.24. The number of pyridine rings is 1. The molecule has 2 aromatic heterocycles. The summed E-state index contributed by atoms with van der Waals surface area (Å²) in [6, 6.07) is 4.85. The van der Waals surface area contributed by atoms with E-state index < -0.39 is 0 Å². The molecule has 0 saturated carbocycles. The summed E-state index contributed by atoms with van der Waals surface area (Å²) in [7, 11) is 0. The van der Waals surface area contributed by atoms with Crippen LogP contribution in [0, 0.1) is 13.8 Å². The predicted octanol–water partition coefficient (Wildman–Crippen LogP) is 2.64. The van der Waals surface area contributed by atoms with Gasteiger partial charge in [0, 0.05) is 31.2 Å². The number of rotatable bonds is 5. The average Bonchev–Trinajstić information content (AvgIpc) is 2.61. The van der Waals surface area contributed by atoms with Crippen LogP contribution in [0.1, 0.15) is 42.4 Å². The first-order valence-electron chi connectivity index (χ1n) is 8.86. The number of anilines is 1. The SMILES string of the molecule is C=Nn1c(C)cnc(C)c1=NCCCc1ccc2c(n1)NC(C)CC2. The zero-order chi connectivity index (χ0) is 17.8. The second kappa shape index (κ2) is 7.59. The van der Waals surface area contributed by atoms with Crippen molar-refractivity contribution in [3.8, 4) is 0 Å². The van der Waals surface area contributed by atoms with Crippen LogP contribution in [-0.4, -0.2) is 33.9 Å². The van der Waals surface area contributed by atoms with Crippen molar-refractivity contribution < 1.29 is 0 Å². The number of aryl methyl sites for hydroxylation is 4. The predicted molar refractivity (Wildman–Crippen MR) is 101 cm³/mol. The smallest absolute Gasteiger partial charge is 0.170 e. The topological polar surface area (TPSA) is 67.5 Å².